The second-order valence-corrected chi connectivity index (χ2v) is 4.93. The van der Waals surface area contributed by atoms with E-state index < -0.39 is 0 Å². The topological polar surface area (TPSA) is 35.2 Å². The van der Waals surface area contributed by atoms with Crippen molar-refractivity contribution in [3.63, 3.8) is 0 Å². The first-order valence-electron chi connectivity index (χ1n) is 6.85. The molecule has 106 valence electrons. The van der Waals surface area contributed by atoms with Crippen LogP contribution in [0.4, 0.5) is 4.39 Å². The molecule has 21 heavy (non-hydrogen) atoms. The Morgan fingerprint density at radius 2 is 1.76 bits per heavy atom. The molecule has 0 atom stereocenters. The molecule has 3 rings (SSSR count). The van der Waals surface area contributed by atoms with Crippen molar-refractivity contribution in [2.45, 2.75) is 13.2 Å². The molecule has 0 aliphatic heterocycles. The maximum absolute atomic E-state index is 13.5. The average molecular weight is 281 g/mol. The smallest absolute Gasteiger partial charge is 0.127 e. The van der Waals surface area contributed by atoms with E-state index in [1.165, 1.54) is 17.5 Å². The van der Waals surface area contributed by atoms with Gasteiger partial charge in [-0.25, -0.2) is 4.39 Å². The molecule has 3 aromatic carbocycles. The average Bonchev–Trinajstić information content (AvgIpc) is 2.52. The number of rotatable bonds is 4. The van der Waals surface area contributed by atoms with Gasteiger partial charge < -0.3 is 10.5 Å². The van der Waals surface area contributed by atoms with Crippen LogP contribution in [-0.2, 0) is 13.2 Å². The Hall–Kier alpha value is -2.39. The van der Waals surface area contributed by atoms with Crippen LogP contribution in [0.3, 0.4) is 0 Å². The summed E-state index contributed by atoms with van der Waals surface area (Å²) in [4.78, 5) is 0. The van der Waals surface area contributed by atoms with Crippen molar-refractivity contribution in [1.29, 1.82) is 0 Å². The first-order chi connectivity index (χ1) is 10.3. The first kappa shape index (κ1) is 13.6. The molecular formula is C18H16FNO. The molecule has 3 heteroatoms. The molecule has 0 saturated heterocycles. The first-order valence-corrected chi connectivity index (χ1v) is 6.85. The summed E-state index contributed by atoms with van der Waals surface area (Å²) in [6.07, 6.45) is 0. The van der Waals surface area contributed by atoms with Crippen molar-refractivity contribution in [3.8, 4) is 5.75 Å². The Labute approximate surface area is 123 Å². The summed E-state index contributed by atoms with van der Waals surface area (Å²) in [5.41, 5.74) is 7.35. The van der Waals surface area contributed by atoms with Crippen LogP contribution in [0, 0.1) is 5.82 Å². The minimum Gasteiger partial charge on any atom is -0.489 e. The highest BCUT2D eigenvalue weighted by Gasteiger charge is 2.04. The molecular weight excluding hydrogens is 265 g/mol. The Balaban J connectivity index is 1.85. The maximum Gasteiger partial charge on any atom is 0.127 e. The lowest BCUT2D eigenvalue weighted by molar-refractivity contribution is 0.305. The normalized spacial score (nSPS) is 10.8. The molecule has 0 radical (unpaired) electrons. The summed E-state index contributed by atoms with van der Waals surface area (Å²) in [5, 5.41) is 2.32. The van der Waals surface area contributed by atoms with E-state index in [0.717, 1.165) is 16.5 Å². The molecule has 0 heterocycles. The van der Waals surface area contributed by atoms with Crippen LogP contribution in [0.5, 0.6) is 5.75 Å². The van der Waals surface area contributed by atoms with Gasteiger partial charge in [-0.3, -0.25) is 0 Å². The van der Waals surface area contributed by atoms with Gasteiger partial charge in [0, 0.05) is 12.6 Å². The van der Waals surface area contributed by atoms with Crippen LogP contribution in [0.2, 0.25) is 0 Å². The molecule has 0 unspecified atom stereocenters. The molecule has 2 nitrogen and oxygen atoms in total. The predicted molar refractivity (Wildman–Crippen MR) is 82.6 cm³/mol. The van der Waals surface area contributed by atoms with Gasteiger partial charge in [0.1, 0.15) is 18.2 Å². The minimum absolute atomic E-state index is 0.294. The monoisotopic (exact) mass is 281 g/mol. The fourth-order valence-electron chi connectivity index (χ4n) is 2.40. The number of hydrogen-bond acceptors (Lipinski definition) is 2. The van der Waals surface area contributed by atoms with Gasteiger partial charge in [0.05, 0.1) is 0 Å². The van der Waals surface area contributed by atoms with Gasteiger partial charge in [0.2, 0.25) is 0 Å². The van der Waals surface area contributed by atoms with Crippen LogP contribution >= 0.6 is 0 Å². The Kier molecular flexibility index (Phi) is 3.84. The van der Waals surface area contributed by atoms with Gasteiger partial charge >= 0.3 is 0 Å². The summed E-state index contributed by atoms with van der Waals surface area (Å²) in [7, 11) is 0. The van der Waals surface area contributed by atoms with Crippen LogP contribution in [0.1, 0.15) is 11.1 Å². The van der Waals surface area contributed by atoms with Crippen molar-refractivity contribution in [3.05, 3.63) is 77.6 Å². The highest BCUT2D eigenvalue weighted by Crippen LogP contribution is 2.22. The van der Waals surface area contributed by atoms with Crippen molar-refractivity contribution < 1.29 is 9.13 Å². The third-order valence-corrected chi connectivity index (χ3v) is 3.44. The minimum atomic E-state index is -0.328. The molecule has 0 spiro atoms. The summed E-state index contributed by atoms with van der Waals surface area (Å²) in [6.45, 7) is 0.692. The van der Waals surface area contributed by atoms with Crippen molar-refractivity contribution in [2.75, 3.05) is 0 Å². The predicted octanol–water partition coefficient (Wildman–Crippen LogP) is 4.02. The second-order valence-electron chi connectivity index (χ2n) is 4.93. The Morgan fingerprint density at radius 3 is 2.62 bits per heavy atom. The molecule has 0 saturated carbocycles. The van der Waals surface area contributed by atoms with Gasteiger partial charge in [-0.2, -0.15) is 0 Å². The van der Waals surface area contributed by atoms with Crippen LogP contribution in [-0.4, -0.2) is 0 Å². The largest absolute Gasteiger partial charge is 0.489 e. The summed E-state index contributed by atoms with van der Waals surface area (Å²) >= 11 is 0. The second kappa shape index (κ2) is 5.94. The summed E-state index contributed by atoms with van der Waals surface area (Å²) < 4.78 is 19.2. The SMILES string of the molecule is NCc1cc(F)cc(OCc2cccc3ccccc23)c1. The fourth-order valence-corrected chi connectivity index (χ4v) is 2.40. The lowest BCUT2D eigenvalue weighted by Gasteiger charge is -2.10. The molecule has 0 amide bonds. The van der Waals surface area contributed by atoms with Crippen molar-refractivity contribution in [2.24, 2.45) is 5.73 Å². The Morgan fingerprint density at radius 1 is 0.952 bits per heavy atom. The lowest BCUT2D eigenvalue weighted by Crippen LogP contribution is -2.00. The molecule has 0 bridgehead atoms. The number of benzene rings is 3. The zero-order chi connectivity index (χ0) is 14.7. The van der Waals surface area contributed by atoms with E-state index in [-0.39, 0.29) is 5.82 Å². The van der Waals surface area contributed by atoms with E-state index in [1.807, 2.05) is 24.3 Å². The van der Waals surface area contributed by atoms with Gasteiger partial charge in [-0.15, -0.1) is 0 Å². The highest BCUT2D eigenvalue weighted by atomic mass is 19.1. The van der Waals surface area contributed by atoms with Gasteiger partial charge in [0.25, 0.3) is 0 Å². The summed E-state index contributed by atoms with van der Waals surface area (Å²) in [6, 6.07) is 18.8. The standard InChI is InChI=1S/C18H16FNO/c19-16-8-13(11-20)9-17(10-16)21-12-15-6-3-5-14-4-1-2-7-18(14)15/h1-10H,11-12,20H2. The molecule has 0 aliphatic carbocycles. The number of ether oxygens (including phenoxy) is 1. The molecule has 0 aromatic heterocycles. The highest BCUT2D eigenvalue weighted by molar-refractivity contribution is 5.85. The quantitative estimate of drug-likeness (QED) is 0.784. The van der Waals surface area contributed by atoms with Crippen LogP contribution in [0.15, 0.2) is 60.7 Å². The van der Waals surface area contributed by atoms with Crippen LogP contribution in [0.25, 0.3) is 10.8 Å². The molecule has 0 aliphatic rings. The summed E-state index contributed by atoms with van der Waals surface area (Å²) in [5.74, 6) is 0.175. The van der Waals surface area contributed by atoms with Crippen molar-refractivity contribution in [1.82, 2.24) is 0 Å². The number of hydrogen-bond donors (Lipinski definition) is 1. The van der Waals surface area contributed by atoms with E-state index in [4.69, 9.17) is 10.5 Å². The number of nitrogens with two attached hydrogens (primary N) is 1. The third kappa shape index (κ3) is 3.03. The lowest BCUT2D eigenvalue weighted by atomic mass is 10.1. The van der Waals surface area contributed by atoms with E-state index in [2.05, 4.69) is 18.2 Å². The van der Waals surface area contributed by atoms with Crippen molar-refractivity contribution >= 4 is 10.8 Å². The van der Waals surface area contributed by atoms with E-state index >= 15 is 0 Å². The third-order valence-electron chi connectivity index (χ3n) is 3.44. The molecule has 3 aromatic rings. The fraction of sp³-hybridized carbons (Fsp3) is 0.111. The van der Waals surface area contributed by atoms with E-state index in [0.29, 0.717) is 18.9 Å². The number of fused-ring (bicyclic) bond motifs is 1. The van der Waals surface area contributed by atoms with Crippen LogP contribution < -0.4 is 10.5 Å². The van der Waals surface area contributed by atoms with Gasteiger partial charge in [-0.05, 0) is 34.0 Å². The van der Waals surface area contributed by atoms with Gasteiger partial charge in [0.15, 0.2) is 0 Å². The van der Waals surface area contributed by atoms with Gasteiger partial charge in [-0.1, -0.05) is 42.5 Å². The molecule has 0 fully saturated rings. The molecule has 2 N–H and O–H groups in total. The Bertz CT molecular complexity index is 765. The number of halogens is 1. The zero-order valence-electron chi connectivity index (χ0n) is 11.6. The van der Waals surface area contributed by atoms with E-state index in [9.17, 15) is 4.39 Å². The van der Waals surface area contributed by atoms with E-state index in [1.54, 1.807) is 6.07 Å². The maximum atomic E-state index is 13.5. The zero-order valence-corrected chi connectivity index (χ0v) is 11.6.